The smallest absolute Gasteiger partial charge is 0.145 e. The molecule has 0 spiro atoms. The van der Waals surface area contributed by atoms with Gasteiger partial charge in [-0.25, -0.2) is 4.98 Å². The molecule has 0 bridgehead atoms. The molecule has 0 saturated heterocycles. The third kappa shape index (κ3) is 3.13. The fourth-order valence-corrected chi connectivity index (χ4v) is 1.87. The van der Waals surface area contributed by atoms with E-state index in [9.17, 15) is 0 Å². The van der Waals surface area contributed by atoms with Gasteiger partial charge in [-0.05, 0) is 23.8 Å². The average Bonchev–Trinajstić information content (AvgIpc) is 2.38. The van der Waals surface area contributed by atoms with E-state index in [1.165, 1.54) is 6.20 Å². The first-order chi connectivity index (χ1) is 8.69. The van der Waals surface area contributed by atoms with Gasteiger partial charge >= 0.3 is 0 Å². The van der Waals surface area contributed by atoms with Crippen molar-refractivity contribution < 1.29 is 0 Å². The molecule has 90 valence electrons. The zero-order valence-electron chi connectivity index (χ0n) is 9.32. The van der Waals surface area contributed by atoms with Crippen molar-refractivity contribution in [2.75, 3.05) is 5.32 Å². The number of anilines is 1. The highest BCUT2D eigenvalue weighted by Crippen LogP contribution is 2.22. The second kappa shape index (κ2) is 5.72. The van der Waals surface area contributed by atoms with Crippen LogP contribution in [0.25, 0.3) is 0 Å². The van der Waals surface area contributed by atoms with E-state index < -0.39 is 0 Å². The Kier molecular flexibility index (Phi) is 4.03. The van der Waals surface area contributed by atoms with Gasteiger partial charge in [-0.1, -0.05) is 35.3 Å². The Morgan fingerprint density at radius 2 is 1.94 bits per heavy atom. The SMILES string of the molecule is N#Cc1ccc(CNc2ncc(Cl)cc2Cl)cc1. The van der Waals surface area contributed by atoms with E-state index in [1.807, 2.05) is 12.1 Å². The molecule has 0 aliphatic rings. The number of nitriles is 1. The van der Waals surface area contributed by atoms with Crippen LogP contribution in [0.2, 0.25) is 10.0 Å². The molecule has 0 saturated carbocycles. The molecule has 18 heavy (non-hydrogen) atoms. The number of halogens is 2. The van der Waals surface area contributed by atoms with E-state index in [0.717, 1.165) is 5.56 Å². The van der Waals surface area contributed by atoms with Crippen molar-refractivity contribution >= 4 is 29.0 Å². The highest BCUT2D eigenvalue weighted by Gasteiger charge is 2.02. The Labute approximate surface area is 115 Å². The van der Waals surface area contributed by atoms with Gasteiger partial charge in [-0.3, -0.25) is 0 Å². The number of aromatic nitrogens is 1. The summed E-state index contributed by atoms with van der Waals surface area (Å²) in [6.07, 6.45) is 1.54. The van der Waals surface area contributed by atoms with Crippen molar-refractivity contribution in [2.24, 2.45) is 0 Å². The highest BCUT2D eigenvalue weighted by molar-refractivity contribution is 6.35. The number of nitrogens with one attached hydrogen (secondary N) is 1. The monoisotopic (exact) mass is 277 g/mol. The second-order valence-corrected chi connectivity index (χ2v) is 4.49. The van der Waals surface area contributed by atoms with Crippen molar-refractivity contribution in [1.82, 2.24) is 4.98 Å². The fourth-order valence-electron chi connectivity index (χ4n) is 1.43. The van der Waals surface area contributed by atoms with E-state index in [-0.39, 0.29) is 0 Å². The van der Waals surface area contributed by atoms with Crippen molar-refractivity contribution in [3.8, 4) is 6.07 Å². The first kappa shape index (κ1) is 12.7. The normalized spacial score (nSPS) is 9.83. The van der Waals surface area contributed by atoms with Crippen LogP contribution in [0.1, 0.15) is 11.1 Å². The summed E-state index contributed by atoms with van der Waals surface area (Å²) in [7, 11) is 0. The Balaban J connectivity index is 2.04. The molecular weight excluding hydrogens is 269 g/mol. The summed E-state index contributed by atoms with van der Waals surface area (Å²) in [4.78, 5) is 4.10. The maximum Gasteiger partial charge on any atom is 0.145 e. The Bertz CT molecular complexity index is 588. The van der Waals surface area contributed by atoms with E-state index in [1.54, 1.807) is 18.2 Å². The highest BCUT2D eigenvalue weighted by atomic mass is 35.5. The lowest BCUT2D eigenvalue weighted by atomic mass is 10.1. The van der Waals surface area contributed by atoms with Gasteiger partial charge < -0.3 is 5.32 Å². The van der Waals surface area contributed by atoms with E-state index in [0.29, 0.717) is 28.0 Å². The quantitative estimate of drug-likeness (QED) is 0.927. The summed E-state index contributed by atoms with van der Waals surface area (Å²) in [5, 5.41) is 12.8. The lowest BCUT2D eigenvalue weighted by Gasteiger charge is -2.07. The largest absolute Gasteiger partial charge is 0.365 e. The van der Waals surface area contributed by atoms with Crippen LogP contribution in [0.3, 0.4) is 0 Å². The van der Waals surface area contributed by atoms with Gasteiger partial charge in [-0.15, -0.1) is 0 Å². The molecule has 1 heterocycles. The van der Waals surface area contributed by atoms with E-state index in [2.05, 4.69) is 16.4 Å². The van der Waals surface area contributed by atoms with Crippen molar-refractivity contribution in [3.63, 3.8) is 0 Å². The summed E-state index contributed by atoms with van der Waals surface area (Å²) in [5.41, 5.74) is 1.68. The van der Waals surface area contributed by atoms with Crippen LogP contribution in [-0.2, 0) is 6.54 Å². The van der Waals surface area contributed by atoms with Crippen LogP contribution in [0.15, 0.2) is 36.5 Å². The minimum atomic E-state index is 0.483. The topological polar surface area (TPSA) is 48.7 Å². The molecule has 2 aromatic rings. The predicted octanol–water partition coefficient (Wildman–Crippen LogP) is 3.87. The van der Waals surface area contributed by atoms with Crippen molar-refractivity contribution in [3.05, 3.63) is 57.7 Å². The fraction of sp³-hybridized carbons (Fsp3) is 0.0769. The molecule has 5 heteroatoms. The molecule has 0 amide bonds. The van der Waals surface area contributed by atoms with Gasteiger partial charge in [0.25, 0.3) is 0 Å². The third-order valence-electron chi connectivity index (χ3n) is 2.35. The number of rotatable bonds is 3. The summed E-state index contributed by atoms with van der Waals surface area (Å²) in [6.45, 7) is 0.583. The first-order valence-corrected chi connectivity index (χ1v) is 5.98. The number of hydrogen-bond donors (Lipinski definition) is 1. The molecule has 0 unspecified atom stereocenters. The minimum Gasteiger partial charge on any atom is -0.365 e. The van der Waals surface area contributed by atoms with Crippen LogP contribution in [0, 0.1) is 11.3 Å². The summed E-state index contributed by atoms with van der Waals surface area (Å²) < 4.78 is 0. The van der Waals surface area contributed by atoms with Crippen molar-refractivity contribution in [2.45, 2.75) is 6.54 Å². The van der Waals surface area contributed by atoms with Crippen LogP contribution >= 0.6 is 23.2 Å². The zero-order chi connectivity index (χ0) is 13.0. The maximum atomic E-state index is 8.69. The Hall–Kier alpha value is -1.76. The van der Waals surface area contributed by atoms with Gasteiger partial charge in [-0.2, -0.15) is 5.26 Å². The van der Waals surface area contributed by atoms with Gasteiger partial charge in [0, 0.05) is 12.7 Å². The van der Waals surface area contributed by atoms with Crippen LogP contribution in [0.4, 0.5) is 5.82 Å². The molecule has 3 nitrogen and oxygen atoms in total. The van der Waals surface area contributed by atoms with Crippen LogP contribution in [-0.4, -0.2) is 4.98 Å². The lowest BCUT2D eigenvalue weighted by Crippen LogP contribution is -2.01. The summed E-state index contributed by atoms with van der Waals surface area (Å²) >= 11 is 11.8. The molecule has 0 atom stereocenters. The van der Waals surface area contributed by atoms with Gasteiger partial charge in [0.2, 0.25) is 0 Å². The van der Waals surface area contributed by atoms with Crippen molar-refractivity contribution in [1.29, 1.82) is 5.26 Å². The number of pyridine rings is 1. The lowest BCUT2D eigenvalue weighted by molar-refractivity contribution is 1.11. The number of benzene rings is 1. The average molecular weight is 278 g/mol. The number of nitrogens with zero attached hydrogens (tertiary/aromatic N) is 2. The van der Waals surface area contributed by atoms with Crippen LogP contribution in [0.5, 0.6) is 0 Å². The second-order valence-electron chi connectivity index (χ2n) is 3.65. The van der Waals surface area contributed by atoms with Gasteiger partial charge in [0.15, 0.2) is 0 Å². The Morgan fingerprint density at radius 1 is 1.22 bits per heavy atom. The summed E-state index contributed by atoms with van der Waals surface area (Å²) in [5.74, 6) is 0.588. The predicted molar refractivity (Wildman–Crippen MR) is 72.7 cm³/mol. The standard InChI is InChI=1S/C13H9Cl2N3/c14-11-5-12(15)13(18-8-11)17-7-10-3-1-9(6-16)2-4-10/h1-5,8H,7H2,(H,17,18). The third-order valence-corrected chi connectivity index (χ3v) is 2.85. The number of hydrogen-bond acceptors (Lipinski definition) is 3. The molecule has 1 aromatic heterocycles. The van der Waals surface area contributed by atoms with Crippen LogP contribution < -0.4 is 5.32 Å². The van der Waals surface area contributed by atoms with Gasteiger partial charge in [0.05, 0.1) is 21.7 Å². The molecule has 0 aliphatic heterocycles. The molecule has 0 aliphatic carbocycles. The summed E-state index contributed by atoms with van der Waals surface area (Å²) in [6, 6.07) is 11.0. The first-order valence-electron chi connectivity index (χ1n) is 5.23. The maximum absolute atomic E-state index is 8.69. The van der Waals surface area contributed by atoms with E-state index in [4.69, 9.17) is 28.5 Å². The molecule has 1 aromatic carbocycles. The minimum absolute atomic E-state index is 0.483. The zero-order valence-corrected chi connectivity index (χ0v) is 10.8. The molecule has 0 radical (unpaired) electrons. The van der Waals surface area contributed by atoms with Gasteiger partial charge in [0.1, 0.15) is 5.82 Å². The van der Waals surface area contributed by atoms with E-state index >= 15 is 0 Å². The molecular formula is C13H9Cl2N3. The molecule has 2 rings (SSSR count). The Morgan fingerprint density at radius 3 is 2.56 bits per heavy atom. The molecule has 0 fully saturated rings. The molecule has 1 N–H and O–H groups in total.